The number of allylic oxidation sites excluding steroid dienone is 10. The quantitative estimate of drug-likeness (QED) is 0.544. The van der Waals surface area contributed by atoms with Crippen molar-refractivity contribution in [2.75, 3.05) is 6.61 Å². The highest BCUT2D eigenvalue weighted by Crippen LogP contribution is 2.51. The number of hydrogen-bond acceptors (Lipinski definition) is 5. The van der Waals surface area contributed by atoms with Gasteiger partial charge in [-0.05, 0) is 31.9 Å². The average molecular weight is 425 g/mol. The van der Waals surface area contributed by atoms with E-state index in [1.54, 1.807) is 13.8 Å². The Morgan fingerprint density at radius 1 is 0.806 bits per heavy atom. The van der Waals surface area contributed by atoms with Crippen LogP contribution in [0.2, 0.25) is 0 Å². The van der Waals surface area contributed by atoms with Crippen molar-refractivity contribution in [3.8, 4) is 0 Å². The van der Waals surface area contributed by atoms with Crippen LogP contribution in [-0.2, 0) is 23.8 Å². The lowest BCUT2D eigenvalue weighted by atomic mass is 9.74. The largest absolute Gasteiger partial charge is 0.451 e. The number of hydrogen-bond donors (Lipinski definition) is 0. The average Bonchev–Trinajstić information content (AvgIpc) is 3.41. The molecule has 1 heterocycles. The lowest BCUT2D eigenvalue weighted by Gasteiger charge is -2.43. The predicted molar refractivity (Wildman–Crippen MR) is 120 cm³/mol. The van der Waals surface area contributed by atoms with Gasteiger partial charge < -0.3 is 14.2 Å². The molecule has 0 amide bonds. The number of carbonyl (C=O) groups is 2. The van der Waals surface area contributed by atoms with Crippen LogP contribution in [0.15, 0.2) is 70.9 Å². The zero-order valence-electron chi connectivity index (χ0n) is 19.3. The number of rotatable bonds is 6. The van der Waals surface area contributed by atoms with E-state index in [4.69, 9.17) is 14.2 Å². The normalized spacial score (nSPS) is 27.8. The topological polar surface area (TPSA) is 61.8 Å². The Morgan fingerprint density at radius 2 is 1.23 bits per heavy atom. The first kappa shape index (κ1) is 23.0. The van der Waals surface area contributed by atoms with Crippen molar-refractivity contribution < 1.29 is 23.8 Å². The number of carbonyl (C=O) groups excluding carboxylic acids is 2. The van der Waals surface area contributed by atoms with E-state index in [1.807, 2.05) is 76.3 Å². The van der Waals surface area contributed by atoms with Crippen molar-refractivity contribution in [3.05, 3.63) is 70.9 Å². The standard InChI is InChI=1S/C26H32O5/c1-18(20-11-7-8-12-20)15-22(27)30-25(5)24(3,4)17-29-26(25,6)31-23(28)16-19(2)21-13-9-10-14-21/h7-14H,15-17H2,1-6H3/t25-,26?/m0/s1. The number of ether oxygens (including phenoxy) is 3. The Bertz CT molecular complexity index is 928. The van der Waals surface area contributed by atoms with Gasteiger partial charge in [0.2, 0.25) is 0 Å². The first-order valence-corrected chi connectivity index (χ1v) is 10.6. The van der Waals surface area contributed by atoms with Crippen LogP contribution >= 0.6 is 0 Å². The Kier molecular flexibility index (Phi) is 6.28. The molecule has 31 heavy (non-hydrogen) atoms. The molecule has 0 saturated carbocycles. The summed E-state index contributed by atoms with van der Waals surface area (Å²) >= 11 is 0. The third-order valence-corrected chi connectivity index (χ3v) is 6.62. The molecule has 0 aromatic carbocycles. The van der Waals surface area contributed by atoms with Gasteiger partial charge in [0.05, 0.1) is 19.4 Å². The third kappa shape index (κ3) is 4.52. The van der Waals surface area contributed by atoms with E-state index in [1.165, 1.54) is 0 Å². The van der Waals surface area contributed by atoms with Crippen molar-refractivity contribution in [2.45, 2.75) is 65.8 Å². The lowest BCUT2D eigenvalue weighted by Crippen LogP contribution is -2.58. The minimum atomic E-state index is -1.39. The van der Waals surface area contributed by atoms with Gasteiger partial charge in [0.15, 0.2) is 5.60 Å². The molecule has 0 aromatic rings. The van der Waals surface area contributed by atoms with E-state index in [0.717, 1.165) is 22.3 Å². The van der Waals surface area contributed by atoms with E-state index < -0.39 is 22.8 Å². The molecular formula is C26H32O5. The highest BCUT2D eigenvalue weighted by molar-refractivity contribution is 5.75. The van der Waals surface area contributed by atoms with Gasteiger partial charge in [-0.15, -0.1) is 0 Å². The Morgan fingerprint density at radius 3 is 1.68 bits per heavy atom. The summed E-state index contributed by atoms with van der Waals surface area (Å²) < 4.78 is 17.8. The molecule has 3 rings (SSSR count). The molecule has 3 aliphatic rings. The fourth-order valence-electron chi connectivity index (χ4n) is 4.04. The van der Waals surface area contributed by atoms with Crippen LogP contribution < -0.4 is 0 Å². The molecule has 0 aromatic heterocycles. The van der Waals surface area contributed by atoms with Gasteiger partial charge in [0.1, 0.15) is 0 Å². The van der Waals surface area contributed by atoms with Crippen LogP contribution in [0.5, 0.6) is 0 Å². The molecular weight excluding hydrogens is 392 g/mol. The third-order valence-electron chi connectivity index (χ3n) is 6.62. The van der Waals surface area contributed by atoms with E-state index in [2.05, 4.69) is 0 Å². The zero-order chi connectivity index (χ0) is 22.9. The van der Waals surface area contributed by atoms with Crippen LogP contribution in [0.3, 0.4) is 0 Å². The van der Waals surface area contributed by atoms with Crippen molar-refractivity contribution in [2.24, 2.45) is 5.41 Å². The number of esters is 2. The summed E-state index contributed by atoms with van der Waals surface area (Å²) in [6.07, 6.45) is 15.9. The molecule has 1 fully saturated rings. The van der Waals surface area contributed by atoms with Crippen LogP contribution in [0, 0.1) is 5.41 Å². The Hall–Kier alpha value is -2.66. The van der Waals surface area contributed by atoms with Crippen LogP contribution in [0.25, 0.3) is 0 Å². The summed E-state index contributed by atoms with van der Waals surface area (Å²) in [5, 5.41) is 0. The van der Waals surface area contributed by atoms with E-state index >= 15 is 0 Å². The predicted octanol–water partition coefficient (Wildman–Crippen LogP) is 5.27. The molecule has 0 radical (unpaired) electrons. The Labute approximate surface area is 184 Å². The maximum Gasteiger partial charge on any atom is 0.312 e. The smallest absolute Gasteiger partial charge is 0.312 e. The van der Waals surface area contributed by atoms with Gasteiger partial charge in [-0.3, -0.25) is 9.59 Å². The van der Waals surface area contributed by atoms with Gasteiger partial charge in [-0.25, -0.2) is 0 Å². The molecule has 5 nitrogen and oxygen atoms in total. The highest BCUT2D eigenvalue weighted by Gasteiger charge is 2.66. The molecule has 1 aliphatic heterocycles. The molecule has 2 atom stereocenters. The minimum Gasteiger partial charge on any atom is -0.451 e. The van der Waals surface area contributed by atoms with Crippen molar-refractivity contribution in [1.29, 1.82) is 0 Å². The monoisotopic (exact) mass is 424 g/mol. The molecule has 0 bridgehead atoms. The van der Waals surface area contributed by atoms with Crippen LogP contribution in [0.4, 0.5) is 0 Å². The maximum atomic E-state index is 12.9. The maximum absolute atomic E-state index is 12.9. The molecule has 0 spiro atoms. The second kappa shape index (κ2) is 8.46. The van der Waals surface area contributed by atoms with E-state index in [9.17, 15) is 9.59 Å². The summed E-state index contributed by atoms with van der Waals surface area (Å²) in [4.78, 5) is 25.6. The lowest BCUT2D eigenvalue weighted by molar-refractivity contribution is -0.268. The molecule has 0 N–H and O–H groups in total. The van der Waals surface area contributed by atoms with Gasteiger partial charge in [-0.1, -0.05) is 73.6 Å². The summed E-state index contributed by atoms with van der Waals surface area (Å²) in [6, 6.07) is 0. The van der Waals surface area contributed by atoms with Gasteiger partial charge in [0.25, 0.3) is 5.79 Å². The highest BCUT2D eigenvalue weighted by atomic mass is 16.7. The van der Waals surface area contributed by atoms with Gasteiger partial charge in [-0.2, -0.15) is 0 Å². The van der Waals surface area contributed by atoms with Gasteiger partial charge in [0, 0.05) is 12.3 Å². The minimum absolute atomic E-state index is 0.136. The first-order chi connectivity index (χ1) is 14.5. The molecule has 5 heteroatoms. The molecule has 1 unspecified atom stereocenters. The fraction of sp³-hybridized carbons (Fsp3) is 0.462. The Balaban J connectivity index is 1.75. The fourth-order valence-corrected chi connectivity index (χ4v) is 4.04. The summed E-state index contributed by atoms with van der Waals surface area (Å²) in [7, 11) is 0. The zero-order valence-corrected chi connectivity index (χ0v) is 19.3. The van der Waals surface area contributed by atoms with Crippen molar-refractivity contribution in [3.63, 3.8) is 0 Å². The SMILES string of the molecule is CC(CC(=O)OC1(C)OCC(C)(C)[C@]1(C)OC(=O)CC(C)=C1C=CC=C1)=C1C=CC=C1. The van der Waals surface area contributed by atoms with Crippen LogP contribution in [0.1, 0.15) is 54.4 Å². The molecule has 2 aliphatic carbocycles. The van der Waals surface area contributed by atoms with Crippen molar-refractivity contribution in [1.82, 2.24) is 0 Å². The summed E-state index contributed by atoms with van der Waals surface area (Å²) in [5.41, 5.74) is 2.16. The van der Waals surface area contributed by atoms with E-state index in [-0.39, 0.29) is 18.8 Å². The first-order valence-electron chi connectivity index (χ1n) is 10.6. The summed E-state index contributed by atoms with van der Waals surface area (Å²) in [6.45, 7) is 11.5. The van der Waals surface area contributed by atoms with Crippen molar-refractivity contribution >= 4 is 11.9 Å². The van der Waals surface area contributed by atoms with Crippen LogP contribution in [-0.4, -0.2) is 29.9 Å². The van der Waals surface area contributed by atoms with E-state index in [0.29, 0.717) is 6.61 Å². The molecule has 1 saturated heterocycles. The molecule has 166 valence electrons. The second-order valence-corrected chi connectivity index (χ2v) is 9.36. The second-order valence-electron chi connectivity index (χ2n) is 9.36. The van der Waals surface area contributed by atoms with Gasteiger partial charge >= 0.3 is 11.9 Å². The summed E-state index contributed by atoms with van der Waals surface area (Å²) in [5.74, 6) is -2.17.